The Kier molecular flexibility index (Phi) is 9.56. The number of nitrogens with zero attached hydrogens (tertiary/aromatic N) is 1. The van der Waals surface area contributed by atoms with Crippen molar-refractivity contribution >= 4 is 23.6 Å². The number of hydrogen-bond acceptors (Lipinski definition) is 13. The molecule has 0 aromatic heterocycles. The maximum atomic E-state index is 12.9. The summed E-state index contributed by atoms with van der Waals surface area (Å²) in [4.78, 5) is 19.0. The van der Waals surface area contributed by atoms with Gasteiger partial charge in [-0.2, -0.15) is 5.06 Å². The van der Waals surface area contributed by atoms with Crippen LogP contribution in [-0.2, 0) is 23.8 Å². The predicted octanol–water partition coefficient (Wildman–Crippen LogP) is 0.364. The van der Waals surface area contributed by atoms with Crippen LogP contribution in [0.2, 0.25) is 5.02 Å². The minimum absolute atomic E-state index is 0.0325. The quantitative estimate of drug-likeness (QED) is 0.198. The lowest BCUT2D eigenvalue weighted by Crippen LogP contribution is -2.67. The summed E-state index contributed by atoms with van der Waals surface area (Å²) in [5, 5.41) is 68.8. The van der Waals surface area contributed by atoms with Gasteiger partial charge in [-0.15, -0.1) is 0 Å². The number of ether oxygens (including phenoxy) is 4. The maximum absolute atomic E-state index is 12.9. The number of nitrogens with one attached hydrogen (secondary N) is 1. The number of benzene rings is 2. The van der Waals surface area contributed by atoms with Crippen LogP contribution in [0.15, 0.2) is 48.0 Å². The molecular weight excluding hydrogens is 640 g/mol. The van der Waals surface area contributed by atoms with Crippen molar-refractivity contribution in [1.82, 2.24) is 10.4 Å². The molecule has 15 heteroatoms. The van der Waals surface area contributed by atoms with Gasteiger partial charge in [0.05, 0.1) is 11.6 Å². The summed E-state index contributed by atoms with van der Waals surface area (Å²) in [7, 11) is 1.72. The number of hydroxylamine groups is 2. The SMILES string of the molecule is C/C(=C\c1ccc(O[C@@H]2O[C@H](C3(C)C[C@@H](c4cccc(Cl)c4)ON3C)[C@@H](O)[C@@H]2O)c(O)c1)C(=O)N[C@@H]1[C@H](O)[C@@H](O)[C@H]2OCO[C@H]2[C@@H]1O. The average Bonchev–Trinajstić information content (AvgIpc) is 3.73. The van der Waals surface area contributed by atoms with Gasteiger partial charge in [-0.05, 0) is 55.3 Å². The van der Waals surface area contributed by atoms with Gasteiger partial charge in [-0.25, -0.2) is 0 Å². The maximum Gasteiger partial charge on any atom is 0.247 e. The molecule has 1 amide bonds. The van der Waals surface area contributed by atoms with Crippen LogP contribution < -0.4 is 10.1 Å². The summed E-state index contributed by atoms with van der Waals surface area (Å²) in [6, 6.07) is 10.4. The largest absolute Gasteiger partial charge is 0.504 e. The zero-order valence-corrected chi connectivity index (χ0v) is 26.6. The molecule has 0 bridgehead atoms. The minimum atomic E-state index is -1.50. The number of amides is 1. The third-order valence-electron chi connectivity index (χ3n) is 9.53. The molecule has 256 valence electrons. The smallest absolute Gasteiger partial charge is 0.247 e. The van der Waals surface area contributed by atoms with Crippen molar-refractivity contribution in [2.24, 2.45) is 0 Å². The monoisotopic (exact) mass is 678 g/mol. The van der Waals surface area contributed by atoms with Crippen molar-refractivity contribution in [1.29, 1.82) is 0 Å². The predicted molar refractivity (Wildman–Crippen MR) is 164 cm³/mol. The van der Waals surface area contributed by atoms with Crippen molar-refractivity contribution in [3.63, 3.8) is 0 Å². The number of carbonyl (C=O) groups excluding carboxylic acids is 1. The zero-order chi connectivity index (χ0) is 33.8. The Morgan fingerprint density at radius 3 is 2.45 bits per heavy atom. The first-order valence-electron chi connectivity index (χ1n) is 15.2. The molecule has 2 aromatic rings. The van der Waals surface area contributed by atoms with Crippen LogP contribution in [0.3, 0.4) is 0 Å². The summed E-state index contributed by atoms with van der Waals surface area (Å²) >= 11 is 6.17. The van der Waals surface area contributed by atoms with Gasteiger partial charge < -0.3 is 54.9 Å². The first kappa shape index (κ1) is 34.0. The fourth-order valence-electron chi connectivity index (χ4n) is 6.68. The normalized spacial score (nSPS) is 39.2. The van der Waals surface area contributed by atoms with Crippen LogP contribution in [0, 0.1) is 0 Å². The van der Waals surface area contributed by atoms with Crippen molar-refractivity contribution in [3.05, 3.63) is 64.2 Å². The second kappa shape index (κ2) is 13.2. The lowest BCUT2D eigenvalue weighted by Gasteiger charge is -2.41. The number of halogens is 1. The van der Waals surface area contributed by atoms with Gasteiger partial charge >= 0.3 is 0 Å². The first-order valence-corrected chi connectivity index (χ1v) is 15.6. The lowest BCUT2D eigenvalue weighted by molar-refractivity contribution is -0.209. The number of hydrogen-bond donors (Lipinski definition) is 7. The van der Waals surface area contributed by atoms with Crippen molar-refractivity contribution in [2.75, 3.05) is 13.8 Å². The minimum Gasteiger partial charge on any atom is -0.504 e. The van der Waals surface area contributed by atoms with Crippen LogP contribution >= 0.6 is 11.6 Å². The molecule has 2 aromatic carbocycles. The highest BCUT2D eigenvalue weighted by Gasteiger charge is 2.58. The fraction of sp³-hybridized carbons (Fsp3) is 0.531. The number of carbonyl (C=O) groups is 1. The first-order chi connectivity index (χ1) is 22.3. The lowest BCUT2D eigenvalue weighted by atomic mass is 9.83. The molecule has 4 fully saturated rings. The Morgan fingerprint density at radius 1 is 1.02 bits per heavy atom. The summed E-state index contributed by atoms with van der Waals surface area (Å²) in [5.74, 6) is -0.984. The van der Waals surface area contributed by atoms with Gasteiger partial charge in [0, 0.05) is 24.1 Å². The highest BCUT2D eigenvalue weighted by molar-refractivity contribution is 6.30. The van der Waals surface area contributed by atoms with E-state index in [2.05, 4.69) is 5.32 Å². The molecular formula is C32H39ClN2O12. The standard InChI is InChI=1S/C32H39ClN2O12/c1-14(30(42)34-21-22(37)24(39)28-27(23(21)38)43-13-44-28)9-15-7-8-19(18(36)10-15)45-31-26(41)25(40)29(46-31)32(2)12-20(47-35(32)3)16-5-4-6-17(33)11-16/h4-11,20-29,31,36-41H,12-13H2,1-3H3,(H,34,42)/b14-9+/t20-,21+,22-,23+,24+,25-,26-,27-,28+,29-,31+,32?/m0/s1. The molecule has 14 nitrogen and oxygen atoms in total. The van der Waals surface area contributed by atoms with E-state index in [1.807, 2.05) is 19.1 Å². The third-order valence-corrected chi connectivity index (χ3v) is 9.76. The van der Waals surface area contributed by atoms with Crippen molar-refractivity contribution < 1.29 is 59.2 Å². The van der Waals surface area contributed by atoms with E-state index in [4.69, 9.17) is 35.4 Å². The van der Waals surface area contributed by atoms with Crippen molar-refractivity contribution in [3.8, 4) is 11.5 Å². The number of aliphatic hydroxyl groups excluding tert-OH is 5. The Balaban J connectivity index is 1.10. The molecule has 4 aliphatic rings. The Bertz CT molecular complexity index is 1510. The number of rotatable bonds is 7. The highest BCUT2D eigenvalue weighted by atomic mass is 35.5. The summed E-state index contributed by atoms with van der Waals surface area (Å²) in [6.45, 7) is 3.20. The molecule has 12 atom stereocenters. The Labute approximate surface area is 275 Å². The summed E-state index contributed by atoms with van der Waals surface area (Å²) in [5.41, 5.74) is 0.581. The zero-order valence-electron chi connectivity index (χ0n) is 25.8. The molecule has 0 spiro atoms. The molecule has 1 saturated carbocycles. The average molecular weight is 679 g/mol. The van der Waals surface area contributed by atoms with Crippen LogP contribution in [0.5, 0.6) is 11.5 Å². The van der Waals surface area contributed by atoms with E-state index in [1.54, 1.807) is 30.3 Å². The van der Waals surface area contributed by atoms with Crippen LogP contribution in [0.25, 0.3) is 6.08 Å². The van der Waals surface area contributed by atoms with E-state index in [-0.39, 0.29) is 30.0 Å². The van der Waals surface area contributed by atoms with E-state index in [0.717, 1.165) is 5.56 Å². The van der Waals surface area contributed by atoms with E-state index < -0.39 is 72.6 Å². The molecule has 0 radical (unpaired) electrons. The van der Waals surface area contributed by atoms with E-state index >= 15 is 0 Å². The van der Waals surface area contributed by atoms with Gasteiger partial charge in [-0.3, -0.25) is 9.63 Å². The van der Waals surface area contributed by atoms with Crippen LogP contribution in [0.4, 0.5) is 0 Å². The molecule has 7 N–H and O–H groups in total. The van der Waals surface area contributed by atoms with Crippen molar-refractivity contribution in [2.45, 2.75) is 93.1 Å². The van der Waals surface area contributed by atoms with Crippen LogP contribution in [-0.4, -0.2) is 122 Å². The van der Waals surface area contributed by atoms with Gasteiger partial charge in [0.2, 0.25) is 12.2 Å². The van der Waals surface area contributed by atoms with Gasteiger partial charge in [0.25, 0.3) is 0 Å². The number of phenolic OH excluding ortho intramolecular Hbond substituents is 1. The molecule has 1 unspecified atom stereocenters. The number of likely N-dealkylation sites (N-methyl/N-ethyl adjacent to an activating group) is 1. The number of fused-ring (bicyclic) bond motifs is 1. The molecule has 47 heavy (non-hydrogen) atoms. The summed E-state index contributed by atoms with van der Waals surface area (Å²) in [6.07, 6.45) is -9.49. The fourth-order valence-corrected chi connectivity index (χ4v) is 6.88. The van der Waals surface area contributed by atoms with E-state index in [1.165, 1.54) is 25.1 Å². The topological polar surface area (TPSA) is 200 Å². The second-order valence-corrected chi connectivity index (χ2v) is 13.1. The number of aromatic hydroxyl groups is 1. The molecule has 3 heterocycles. The second-order valence-electron chi connectivity index (χ2n) is 12.6. The molecule has 6 rings (SSSR count). The number of phenols is 1. The Morgan fingerprint density at radius 2 is 1.74 bits per heavy atom. The van der Waals surface area contributed by atoms with Gasteiger partial charge in [0.15, 0.2) is 11.5 Å². The Hall–Kier alpha value is -2.86. The summed E-state index contributed by atoms with van der Waals surface area (Å²) < 4.78 is 22.4. The third kappa shape index (κ3) is 6.36. The van der Waals surface area contributed by atoms with E-state index in [0.29, 0.717) is 17.0 Å². The molecule has 1 aliphatic carbocycles. The molecule has 3 aliphatic heterocycles. The highest BCUT2D eigenvalue weighted by Crippen LogP contribution is 2.46. The van der Waals surface area contributed by atoms with Crippen LogP contribution in [0.1, 0.15) is 37.5 Å². The molecule has 3 saturated heterocycles. The van der Waals surface area contributed by atoms with Gasteiger partial charge in [0.1, 0.15) is 61.7 Å². The van der Waals surface area contributed by atoms with Gasteiger partial charge in [-0.1, -0.05) is 29.8 Å². The van der Waals surface area contributed by atoms with E-state index in [9.17, 15) is 35.4 Å². The number of aliphatic hydroxyl groups is 5.